The molecule has 3 aromatic rings. The number of benzene rings is 3. The van der Waals surface area contributed by atoms with E-state index in [2.05, 4.69) is 5.32 Å². The number of halogens is 2. The molecule has 0 saturated carbocycles. The van der Waals surface area contributed by atoms with Gasteiger partial charge >= 0.3 is 0 Å². The van der Waals surface area contributed by atoms with Crippen LogP contribution in [-0.2, 0) is 26.2 Å². The molecule has 0 heterocycles. The van der Waals surface area contributed by atoms with Crippen molar-refractivity contribution in [3.05, 3.63) is 94.5 Å². The van der Waals surface area contributed by atoms with Gasteiger partial charge in [0, 0.05) is 23.1 Å². The zero-order valence-corrected chi connectivity index (χ0v) is 22.9. The monoisotopic (exact) mass is 561 g/mol. The van der Waals surface area contributed by atoms with E-state index in [1.165, 1.54) is 29.2 Å². The Morgan fingerprint density at radius 3 is 2.22 bits per heavy atom. The molecule has 3 aromatic carbocycles. The van der Waals surface area contributed by atoms with Crippen LogP contribution in [0.2, 0.25) is 10.0 Å². The minimum Gasteiger partial charge on any atom is -0.354 e. The third-order valence-electron chi connectivity index (χ3n) is 5.68. The predicted molar refractivity (Wildman–Crippen MR) is 147 cm³/mol. The van der Waals surface area contributed by atoms with Gasteiger partial charge in [-0.15, -0.1) is 0 Å². The number of carbonyl (C=O) groups excluding carboxylic acids is 2. The third kappa shape index (κ3) is 7.47. The van der Waals surface area contributed by atoms with Crippen LogP contribution in [0.15, 0.2) is 83.8 Å². The van der Waals surface area contributed by atoms with E-state index in [0.29, 0.717) is 22.2 Å². The van der Waals surface area contributed by atoms with Crippen molar-refractivity contribution >= 4 is 50.7 Å². The minimum atomic E-state index is -4.11. The van der Waals surface area contributed by atoms with Crippen molar-refractivity contribution in [1.29, 1.82) is 0 Å². The summed E-state index contributed by atoms with van der Waals surface area (Å²) in [4.78, 5) is 28.0. The van der Waals surface area contributed by atoms with E-state index in [4.69, 9.17) is 23.2 Å². The lowest BCUT2D eigenvalue weighted by Crippen LogP contribution is -2.51. The average Bonchev–Trinajstić information content (AvgIpc) is 2.89. The van der Waals surface area contributed by atoms with Crippen molar-refractivity contribution in [2.24, 2.45) is 0 Å². The molecule has 0 bridgehead atoms. The van der Waals surface area contributed by atoms with Gasteiger partial charge in [-0.05, 0) is 67.4 Å². The predicted octanol–water partition coefficient (Wildman–Crippen LogP) is 5.13. The van der Waals surface area contributed by atoms with Crippen LogP contribution in [-0.4, -0.2) is 44.3 Å². The molecule has 0 aliphatic heterocycles. The smallest absolute Gasteiger partial charge is 0.264 e. The van der Waals surface area contributed by atoms with Gasteiger partial charge in [0.05, 0.1) is 10.6 Å². The number of nitrogens with one attached hydrogen (secondary N) is 1. The van der Waals surface area contributed by atoms with E-state index in [0.717, 1.165) is 10.7 Å². The van der Waals surface area contributed by atoms with Crippen LogP contribution >= 0.6 is 23.2 Å². The molecule has 0 aliphatic rings. The summed E-state index contributed by atoms with van der Waals surface area (Å²) in [6.07, 6.45) is 0.736. The van der Waals surface area contributed by atoms with Crippen molar-refractivity contribution in [3.63, 3.8) is 0 Å². The lowest BCUT2D eigenvalue weighted by Gasteiger charge is -2.32. The molecule has 0 spiro atoms. The summed E-state index contributed by atoms with van der Waals surface area (Å²) in [6, 6.07) is 20.1. The number of amides is 2. The van der Waals surface area contributed by atoms with Gasteiger partial charge in [0.1, 0.15) is 12.6 Å². The summed E-state index contributed by atoms with van der Waals surface area (Å²) in [7, 11) is -4.11. The summed E-state index contributed by atoms with van der Waals surface area (Å²) in [5.74, 6) is -0.880. The van der Waals surface area contributed by atoms with E-state index in [9.17, 15) is 18.0 Å². The van der Waals surface area contributed by atoms with E-state index in [1.54, 1.807) is 61.5 Å². The summed E-state index contributed by atoms with van der Waals surface area (Å²) >= 11 is 12.2. The Kier molecular flexibility index (Phi) is 9.97. The highest BCUT2D eigenvalue weighted by molar-refractivity contribution is 7.92. The Morgan fingerprint density at radius 2 is 1.59 bits per heavy atom. The van der Waals surface area contributed by atoms with Gasteiger partial charge in [0.25, 0.3) is 10.0 Å². The first kappa shape index (κ1) is 28.5. The number of rotatable bonds is 11. The van der Waals surface area contributed by atoms with Crippen LogP contribution in [0.5, 0.6) is 0 Å². The molecule has 0 aromatic heterocycles. The maximum absolute atomic E-state index is 13.8. The van der Waals surface area contributed by atoms with Crippen LogP contribution in [0.25, 0.3) is 0 Å². The van der Waals surface area contributed by atoms with Gasteiger partial charge in [-0.3, -0.25) is 13.9 Å². The molecule has 2 amide bonds. The zero-order valence-electron chi connectivity index (χ0n) is 20.6. The second-order valence-corrected chi connectivity index (χ2v) is 11.2. The van der Waals surface area contributed by atoms with Gasteiger partial charge in [-0.2, -0.15) is 0 Å². The van der Waals surface area contributed by atoms with Crippen molar-refractivity contribution in [1.82, 2.24) is 10.2 Å². The van der Waals surface area contributed by atoms with E-state index in [-0.39, 0.29) is 23.0 Å². The van der Waals surface area contributed by atoms with Gasteiger partial charge in [-0.25, -0.2) is 8.42 Å². The Labute approximate surface area is 228 Å². The Hall–Kier alpha value is -3.07. The number of hydrogen-bond donors (Lipinski definition) is 1. The van der Waals surface area contributed by atoms with E-state index < -0.39 is 28.5 Å². The second-order valence-electron chi connectivity index (χ2n) is 8.42. The molecule has 10 heteroatoms. The minimum absolute atomic E-state index is 0.0351. The molecule has 0 aliphatic carbocycles. The van der Waals surface area contributed by atoms with Crippen LogP contribution in [0.3, 0.4) is 0 Å². The Balaban J connectivity index is 2.00. The molecule has 196 valence electrons. The van der Waals surface area contributed by atoms with Crippen LogP contribution in [0.4, 0.5) is 5.69 Å². The van der Waals surface area contributed by atoms with Crippen molar-refractivity contribution in [3.8, 4) is 0 Å². The number of sulfonamides is 1. The fourth-order valence-corrected chi connectivity index (χ4v) is 5.44. The zero-order chi connectivity index (χ0) is 27.0. The van der Waals surface area contributed by atoms with Crippen molar-refractivity contribution < 1.29 is 18.0 Å². The molecule has 0 saturated heterocycles. The molecular formula is C27H29Cl2N3O4S. The summed E-state index contributed by atoms with van der Waals surface area (Å²) in [6.45, 7) is 3.55. The third-order valence-corrected chi connectivity index (χ3v) is 7.96. The molecule has 1 atom stereocenters. The number of hydrogen-bond acceptors (Lipinski definition) is 4. The summed E-state index contributed by atoms with van der Waals surface area (Å²) in [5.41, 5.74) is 0.979. The average molecular weight is 563 g/mol. The Morgan fingerprint density at radius 1 is 0.919 bits per heavy atom. The first-order valence-corrected chi connectivity index (χ1v) is 14.0. The summed E-state index contributed by atoms with van der Waals surface area (Å²) < 4.78 is 28.3. The number of carbonyl (C=O) groups is 2. The van der Waals surface area contributed by atoms with E-state index >= 15 is 0 Å². The molecular weight excluding hydrogens is 533 g/mol. The molecule has 1 unspecified atom stereocenters. The van der Waals surface area contributed by atoms with Crippen molar-refractivity contribution in [2.45, 2.75) is 37.8 Å². The molecule has 3 rings (SSSR count). The molecule has 1 N–H and O–H groups in total. The molecule has 0 radical (unpaired) electrons. The van der Waals surface area contributed by atoms with Gasteiger partial charge < -0.3 is 10.2 Å². The SMILES string of the molecule is CCCNC(=O)C(C)N(Cc1cccc(Cl)c1)C(=O)CN(c1ccc(Cl)cc1)S(=O)(=O)c1ccccc1. The highest BCUT2D eigenvalue weighted by Crippen LogP contribution is 2.26. The number of anilines is 1. The maximum atomic E-state index is 13.8. The van der Waals surface area contributed by atoms with Crippen molar-refractivity contribution in [2.75, 3.05) is 17.4 Å². The fraction of sp³-hybridized carbons (Fsp3) is 0.259. The Bertz CT molecular complexity index is 1320. The van der Waals surface area contributed by atoms with Crippen LogP contribution in [0, 0.1) is 0 Å². The standard InChI is InChI=1S/C27H29Cl2N3O4S/c1-3-16-30-27(34)20(2)31(18-21-8-7-9-23(29)17-21)26(33)19-32(24-14-12-22(28)13-15-24)37(35,36)25-10-5-4-6-11-25/h4-15,17,20H,3,16,18-19H2,1-2H3,(H,30,34). The largest absolute Gasteiger partial charge is 0.354 e. The topological polar surface area (TPSA) is 86.8 Å². The normalized spacial score (nSPS) is 12.0. The fourth-order valence-electron chi connectivity index (χ4n) is 3.67. The lowest BCUT2D eigenvalue weighted by molar-refractivity contribution is -0.139. The quantitative estimate of drug-likeness (QED) is 0.351. The highest BCUT2D eigenvalue weighted by atomic mass is 35.5. The summed E-state index contributed by atoms with van der Waals surface area (Å²) in [5, 5.41) is 3.72. The molecule has 37 heavy (non-hydrogen) atoms. The first-order valence-electron chi connectivity index (χ1n) is 11.8. The van der Waals surface area contributed by atoms with E-state index in [1.807, 2.05) is 6.92 Å². The maximum Gasteiger partial charge on any atom is 0.264 e. The molecule has 7 nitrogen and oxygen atoms in total. The second kappa shape index (κ2) is 12.9. The van der Waals surface area contributed by atoms with Gasteiger partial charge in [0.15, 0.2) is 0 Å². The van der Waals surface area contributed by atoms with Gasteiger partial charge in [-0.1, -0.05) is 60.5 Å². The van der Waals surface area contributed by atoms with Gasteiger partial charge in [0.2, 0.25) is 11.8 Å². The molecule has 0 fully saturated rings. The first-order chi connectivity index (χ1) is 17.6. The van der Waals surface area contributed by atoms with Crippen LogP contribution in [0.1, 0.15) is 25.8 Å². The highest BCUT2D eigenvalue weighted by Gasteiger charge is 2.32. The number of nitrogens with zero attached hydrogens (tertiary/aromatic N) is 2. The van der Waals surface area contributed by atoms with Crippen LogP contribution < -0.4 is 9.62 Å². The lowest BCUT2D eigenvalue weighted by atomic mass is 10.1.